The van der Waals surface area contributed by atoms with Crippen molar-refractivity contribution in [2.45, 2.75) is 25.6 Å². The fourth-order valence-electron chi connectivity index (χ4n) is 1.51. The van der Waals surface area contributed by atoms with E-state index in [2.05, 4.69) is 15.9 Å². The molecule has 0 aliphatic heterocycles. The molecule has 2 radical (unpaired) electrons. The lowest BCUT2D eigenvalue weighted by Crippen LogP contribution is -2.13. The van der Waals surface area contributed by atoms with Crippen molar-refractivity contribution in [3.63, 3.8) is 0 Å². The fourth-order valence-corrected chi connectivity index (χ4v) is 1.74. The van der Waals surface area contributed by atoms with Crippen LogP contribution in [-0.2, 0) is 10.2 Å². The van der Waals surface area contributed by atoms with Crippen LogP contribution in [0, 0.1) is 13.8 Å². The Bertz CT molecular complexity index is 411. The molecule has 0 amide bonds. The highest BCUT2D eigenvalue weighted by Gasteiger charge is 2.22. The zero-order valence-electron chi connectivity index (χ0n) is 8.76. The summed E-state index contributed by atoms with van der Waals surface area (Å²) >= 11 is 3.16. The van der Waals surface area contributed by atoms with Crippen LogP contribution in [0.15, 0.2) is 6.07 Å². The highest BCUT2D eigenvalue weighted by Crippen LogP contribution is 2.35. The molecule has 0 bridgehead atoms. The van der Waals surface area contributed by atoms with Gasteiger partial charge in [0.15, 0.2) is 5.78 Å². The zero-order chi connectivity index (χ0) is 11.7. The topological polar surface area (TPSA) is 56.9 Å². The van der Waals surface area contributed by atoms with E-state index in [-0.39, 0.29) is 16.2 Å². The number of Topliss-reactive ketones (excluding diaryl/α,β-unsaturated/α-hetero) is 1. The summed E-state index contributed by atoms with van der Waals surface area (Å²) in [5.41, 5.74) is 1.17. The first kappa shape index (κ1) is 12.0. The Hall–Kier alpha value is -1.03. The summed E-state index contributed by atoms with van der Waals surface area (Å²) in [7, 11) is 0. The number of carbonyl (C=O) groups excluding carboxylic acids is 1. The van der Waals surface area contributed by atoms with E-state index < -0.39 is 11.5 Å². The van der Waals surface area contributed by atoms with Crippen molar-refractivity contribution in [1.82, 2.24) is 0 Å². The number of benzene rings is 1. The number of aryl methyl sites for hydroxylation is 1. The van der Waals surface area contributed by atoms with Crippen LogP contribution in [0.1, 0.15) is 28.4 Å². The van der Waals surface area contributed by atoms with Gasteiger partial charge in [-0.2, -0.15) is 0 Å². The third-order valence-electron chi connectivity index (χ3n) is 2.29. The molecule has 1 rings (SSSR count). The fraction of sp³-hybridized carbons (Fsp3) is 0.364. The Morgan fingerprint density at radius 3 is 2.33 bits per heavy atom. The number of carbonyl (C=O) groups is 1. The number of ketones is 1. The predicted molar refractivity (Wildman–Crippen MR) is 58.9 cm³/mol. The van der Waals surface area contributed by atoms with Crippen LogP contribution in [0.25, 0.3) is 0 Å². The summed E-state index contributed by atoms with van der Waals surface area (Å²) < 4.78 is 0. The van der Waals surface area contributed by atoms with E-state index in [9.17, 15) is 15.0 Å². The van der Waals surface area contributed by atoms with Gasteiger partial charge in [-0.3, -0.25) is 15.0 Å². The summed E-state index contributed by atoms with van der Waals surface area (Å²) in [6.45, 7) is 4.87. The maximum absolute atomic E-state index is 11.8. The van der Waals surface area contributed by atoms with Crippen LogP contribution in [-0.4, -0.2) is 10.6 Å². The minimum Gasteiger partial charge on any atom is -0.293 e. The van der Waals surface area contributed by atoms with Crippen molar-refractivity contribution >= 4 is 21.7 Å². The van der Waals surface area contributed by atoms with Crippen LogP contribution >= 0.6 is 15.9 Å². The molecule has 0 saturated heterocycles. The van der Waals surface area contributed by atoms with Crippen molar-refractivity contribution in [2.24, 2.45) is 0 Å². The molecule has 1 unspecified atom stereocenters. The summed E-state index contributed by atoms with van der Waals surface area (Å²) in [6.07, 6.45) is 0. The first-order valence-electron chi connectivity index (χ1n) is 4.52. The average Bonchev–Trinajstić information content (AvgIpc) is 2.14. The Balaban J connectivity index is 3.43. The number of halogens is 1. The van der Waals surface area contributed by atoms with E-state index in [0.717, 1.165) is 0 Å². The Labute approximate surface area is 96.9 Å². The van der Waals surface area contributed by atoms with Gasteiger partial charge in [-0.15, -0.1) is 0 Å². The van der Waals surface area contributed by atoms with Crippen molar-refractivity contribution in [3.05, 3.63) is 22.8 Å². The van der Waals surface area contributed by atoms with Gasteiger partial charge in [0.05, 0.1) is 4.83 Å². The lowest BCUT2D eigenvalue weighted by Gasteiger charge is -2.10. The van der Waals surface area contributed by atoms with E-state index >= 15 is 0 Å². The van der Waals surface area contributed by atoms with E-state index in [1.807, 2.05) is 0 Å². The normalized spacial score (nSPS) is 12.5. The quantitative estimate of drug-likeness (QED) is 0.599. The highest BCUT2D eigenvalue weighted by molar-refractivity contribution is 9.10. The molecule has 4 heteroatoms. The number of hydrogen-bond donors (Lipinski definition) is 0. The monoisotopic (exact) mass is 270 g/mol. The zero-order valence-corrected chi connectivity index (χ0v) is 10.3. The number of hydrogen-bond acceptors (Lipinski definition) is 1. The lowest BCUT2D eigenvalue weighted by molar-refractivity contribution is 0.0994. The summed E-state index contributed by atoms with van der Waals surface area (Å²) in [4.78, 5) is 11.4. The van der Waals surface area contributed by atoms with Crippen LogP contribution in [0.5, 0.6) is 11.5 Å². The van der Waals surface area contributed by atoms with Crippen LogP contribution in [0.4, 0.5) is 0 Å². The van der Waals surface area contributed by atoms with Gasteiger partial charge in [0.2, 0.25) is 11.5 Å². The van der Waals surface area contributed by atoms with Gasteiger partial charge < -0.3 is 0 Å². The second-order valence-electron chi connectivity index (χ2n) is 3.50. The van der Waals surface area contributed by atoms with E-state index in [1.165, 1.54) is 13.0 Å². The lowest BCUT2D eigenvalue weighted by atomic mass is 9.96. The van der Waals surface area contributed by atoms with Crippen molar-refractivity contribution < 1.29 is 15.0 Å². The Kier molecular flexibility index (Phi) is 3.39. The van der Waals surface area contributed by atoms with Gasteiger partial charge in [0.1, 0.15) is 0 Å². The minimum absolute atomic E-state index is 0.165. The van der Waals surface area contributed by atoms with Crippen molar-refractivity contribution in [1.29, 1.82) is 0 Å². The second-order valence-corrected chi connectivity index (χ2v) is 4.87. The SMILES string of the molecule is Cc1cc([O])c([O])c(C)c1C(=O)C(C)Br. The van der Waals surface area contributed by atoms with Crippen LogP contribution in [0.3, 0.4) is 0 Å². The van der Waals surface area contributed by atoms with Gasteiger partial charge >= 0.3 is 0 Å². The molecule has 0 saturated carbocycles. The molecule has 0 fully saturated rings. The molecule has 0 aliphatic carbocycles. The molecule has 15 heavy (non-hydrogen) atoms. The molecular weight excluding hydrogens is 260 g/mol. The molecule has 0 aliphatic rings. The first-order chi connectivity index (χ1) is 6.86. The molecule has 1 aromatic rings. The van der Waals surface area contributed by atoms with Crippen molar-refractivity contribution in [3.8, 4) is 11.5 Å². The molecule has 3 nitrogen and oxygen atoms in total. The van der Waals surface area contributed by atoms with E-state index in [1.54, 1.807) is 13.8 Å². The standard InChI is InChI=1S/C11H11BrO3/c1-5-4-8(13)10(14)6(2)9(5)11(15)7(3)12/h4,7H,1-3H3. The molecule has 0 heterocycles. The molecule has 1 aromatic carbocycles. The first-order valence-corrected chi connectivity index (χ1v) is 5.44. The number of alkyl halides is 1. The van der Waals surface area contributed by atoms with Crippen LogP contribution in [0.2, 0.25) is 0 Å². The van der Waals surface area contributed by atoms with Gasteiger partial charge in [0.25, 0.3) is 0 Å². The van der Waals surface area contributed by atoms with Gasteiger partial charge in [-0.25, -0.2) is 0 Å². The molecule has 0 spiro atoms. The summed E-state index contributed by atoms with van der Waals surface area (Å²) in [6, 6.07) is 1.22. The predicted octanol–water partition coefficient (Wildman–Crippen LogP) is 3.56. The van der Waals surface area contributed by atoms with E-state index in [4.69, 9.17) is 0 Å². The third-order valence-corrected chi connectivity index (χ3v) is 2.70. The maximum atomic E-state index is 11.8. The van der Waals surface area contributed by atoms with Gasteiger partial charge in [0, 0.05) is 11.1 Å². The second kappa shape index (κ2) is 4.23. The molecule has 80 valence electrons. The largest absolute Gasteiger partial charge is 0.293 e. The summed E-state index contributed by atoms with van der Waals surface area (Å²) in [5, 5.41) is 22.6. The molecule has 0 aromatic heterocycles. The Morgan fingerprint density at radius 2 is 1.87 bits per heavy atom. The molecule has 1 atom stereocenters. The smallest absolute Gasteiger partial charge is 0.229 e. The molecular formula is C11H11BrO3. The maximum Gasteiger partial charge on any atom is 0.229 e. The molecule has 0 N–H and O–H groups in total. The van der Waals surface area contributed by atoms with E-state index in [0.29, 0.717) is 11.1 Å². The third kappa shape index (κ3) is 2.15. The van der Waals surface area contributed by atoms with Crippen LogP contribution < -0.4 is 0 Å². The van der Waals surface area contributed by atoms with Gasteiger partial charge in [-0.05, 0) is 32.4 Å². The van der Waals surface area contributed by atoms with Crippen molar-refractivity contribution in [2.75, 3.05) is 0 Å². The highest BCUT2D eigenvalue weighted by atomic mass is 79.9. The minimum atomic E-state index is -0.586. The van der Waals surface area contributed by atoms with Gasteiger partial charge in [-0.1, -0.05) is 15.9 Å². The number of rotatable bonds is 2. The Morgan fingerprint density at radius 1 is 1.33 bits per heavy atom. The summed E-state index contributed by atoms with van der Waals surface area (Å²) in [5.74, 6) is -1.30. The average molecular weight is 271 g/mol.